The van der Waals surface area contributed by atoms with Crippen molar-refractivity contribution in [1.82, 2.24) is 4.90 Å². The third-order valence-corrected chi connectivity index (χ3v) is 5.01. The van der Waals surface area contributed by atoms with E-state index in [2.05, 4.69) is 0 Å². The van der Waals surface area contributed by atoms with Crippen molar-refractivity contribution < 1.29 is 14.6 Å². The number of carbonyl (C=O) groups is 1. The number of amides is 1. The molecular weight excluding hydrogens is 266 g/mol. The number of aryl methyl sites for hydroxylation is 1. The molecular formula is C17H23NO3. The number of carbonyl (C=O) groups excluding carboxylic acids is 1. The van der Waals surface area contributed by atoms with Gasteiger partial charge in [0.2, 0.25) is 0 Å². The maximum atomic E-state index is 12.6. The summed E-state index contributed by atoms with van der Waals surface area (Å²) < 4.78 is 5.23. The molecule has 1 aromatic rings. The van der Waals surface area contributed by atoms with E-state index in [1.807, 2.05) is 26.0 Å². The standard InChI is InChI=1S/C17H23NO3/c1-11-8-13(4-7-15(11)21-3)16(19)18-9-12(2)17(20,10-18)14-5-6-14/h4,7-8,12,14,20H,5-6,9-10H2,1-3H3. The van der Waals surface area contributed by atoms with Gasteiger partial charge in [-0.2, -0.15) is 0 Å². The predicted molar refractivity (Wildman–Crippen MR) is 80.5 cm³/mol. The summed E-state index contributed by atoms with van der Waals surface area (Å²) in [4.78, 5) is 14.4. The van der Waals surface area contributed by atoms with Crippen molar-refractivity contribution in [3.8, 4) is 5.75 Å². The van der Waals surface area contributed by atoms with Gasteiger partial charge in [-0.15, -0.1) is 0 Å². The first-order valence-electron chi connectivity index (χ1n) is 7.62. The van der Waals surface area contributed by atoms with E-state index < -0.39 is 5.60 Å². The number of nitrogens with zero attached hydrogens (tertiary/aromatic N) is 1. The van der Waals surface area contributed by atoms with Crippen molar-refractivity contribution in [2.75, 3.05) is 20.2 Å². The van der Waals surface area contributed by atoms with Crippen LogP contribution in [0.25, 0.3) is 0 Å². The summed E-state index contributed by atoms with van der Waals surface area (Å²) >= 11 is 0. The van der Waals surface area contributed by atoms with Crippen LogP contribution < -0.4 is 4.74 Å². The lowest BCUT2D eigenvalue weighted by molar-refractivity contribution is -0.00364. The topological polar surface area (TPSA) is 49.8 Å². The zero-order valence-electron chi connectivity index (χ0n) is 12.9. The Hall–Kier alpha value is -1.55. The molecule has 4 heteroatoms. The van der Waals surface area contributed by atoms with Crippen LogP contribution in [-0.4, -0.2) is 41.7 Å². The summed E-state index contributed by atoms with van der Waals surface area (Å²) in [5.41, 5.74) is 0.936. The molecule has 1 saturated carbocycles. The number of benzene rings is 1. The monoisotopic (exact) mass is 289 g/mol. The minimum atomic E-state index is -0.683. The van der Waals surface area contributed by atoms with Gasteiger partial charge in [-0.05, 0) is 49.4 Å². The number of ether oxygens (including phenoxy) is 1. The molecule has 1 aliphatic heterocycles. The lowest BCUT2D eigenvalue weighted by Gasteiger charge is -2.26. The first-order valence-corrected chi connectivity index (χ1v) is 7.62. The molecule has 4 nitrogen and oxygen atoms in total. The SMILES string of the molecule is COc1ccc(C(=O)N2CC(C)C(O)(C3CC3)C2)cc1C. The molecule has 2 aliphatic rings. The second-order valence-corrected chi connectivity index (χ2v) is 6.54. The van der Waals surface area contributed by atoms with Crippen molar-refractivity contribution in [2.45, 2.75) is 32.3 Å². The van der Waals surface area contributed by atoms with E-state index in [0.717, 1.165) is 24.2 Å². The molecule has 1 aliphatic carbocycles. The van der Waals surface area contributed by atoms with Crippen LogP contribution in [0.3, 0.4) is 0 Å². The van der Waals surface area contributed by atoms with E-state index >= 15 is 0 Å². The van der Waals surface area contributed by atoms with E-state index in [9.17, 15) is 9.90 Å². The molecule has 0 spiro atoms. The van der Waals surface area contributed by atoms with Crippen molar-refractivity contribution in [3.05, 3.63) is 29.3 Å². The normalized spacial score (nSPS) is 28.8. The van der Waals surface area contributed by atoms with Gasteiger partial charge in [-0.25, -0.2) is 0 Å². The van der Waals surface area contributed by atoms with Crippen molar-refractivity contribution in [3.63, 3.8) is 0 Å². The Kier molecular flexibility index (Phi) is 3.44. The number of hydrogen-bond donors (Lipinski definition) is 1. The van der Waals surface area contributed by atoms with Gasteiger partial charge in [0.15, 0.2) is 0 Å². The van der Waals surface area contributed by atoms with E-state index in [1.54, 1.807) is 18.1 Å². The molecule has 3 rings (SSSR count). The van der Waals surface area contributed by atoms with Crippen molar-refractivity contribution >= 4 is 5.91 Å². The Balaban J connectivity index is 1.78. The van der Waals surface area contributed by atoms with Gasteiger partial charge in [0, 0.05) is 18.0 Å². The lowest BCUT2D eigenvalue weighted by Crippen LogP contribution is -2.40. The molecule has 0 bridgehead atoms. The van der Waals surface area contributed by atoms with Crippen LogP contribution in [0.15, 0.2) is 18.2 Å². The summed E-state index contributed by atoms with van der Waals surface area (Å²) in [7, 11) is 1.63. The molecule has 1 N–H and O–H groups in total. The van der Waals surface area contributed by atoms with Gasteiger partial charge in [0.25, 0.3) is 5.91 Å². The predicted octanol–water partition coefficient (Wildman–Crippen LogP) is 2.24. The molecule has 2 atom stereocenters. The quantitative estimate of drug-likeness (QED) is 0.928. The van der Waals surface area contributed by atoms with Gasteiger partial charge in [0.05, 0.1) is 19.3 Å². The highest BCUT2D eigenvalue weighted by Crippen LogP contribution is 2.47. The molecule has 0 aromatic heterocycles. The maximum absolute atomic E-state index is 12.6. The third kappa shape index (κ3) is 2.42. The summed E-state index contributed by atoms with van der Waals surface area (Å²) in [6, 6.07) is 5.49. The molecule has 1 amide bonds. The molecule has 21 heavy (non-hydrogen) atoms. The Morgan fingerprint density at radius 1 is 1.43 bits per heavy atom. The van der Waals surface area contributed by atoms with Crippen LogP contribution in [0, 0.1) is 18.8 Å². The Morgan fingerprint density at radius 3 is 2.71 bits per heavy atom. The fourth-order valence-electron chi connectivity index (χ4n) is 3.48. The largest absolute Gasteiger partial charge is 0.496 e. The van der Waals surface area contributed by atoms with Crippen LogP contribution in [0.5, 0.6) is 5.75 Å². The van der Waals surface area contributed by atoms with Crippen molar-refractivity contribution in [1.29, 1.82) is 0 Å². The van der Waals surface area contributed by atoms with Crippen LogP contribution >= 0.6 is 0 Å². The first-order chi connectivity index (χ1) is 9.95. The fourth-order valence-corrected chi connectivity index (χ4v) is 3.48. The Bertz CT molecular complexity index is 567. The van der Waals surface area contributed by atoms with E-state index in [4.69, 9.17) is 4.74 Å². The highest BCUT2D eigenvalue weighted by atomic mass is 16.5. The summed E-state index contributed by atoms with van der Waals surface area (Å²) in [6.07, 6.45) is 2.18. The number of rotatable bonds is 3. The van der Waals surface area contributed by atoms with E-state index in [1.165, 1.54) is 0 Å². The number of methoxy groups -OCH3 is 1. The minimum absolute atomic E-state index is 0.00387. The van der Waals surface area contributed by atoms with Crippen LogP contribution in [0.2, 0.25) is 0 Å². The molecule has 2 unspecified atom stereocenters. The Morgan fingerprint density at radius 2 is 2.14 bits per heavy atom. The Labute approximate surface area is 125 Å². The summed E-state index contributed by atoms with van der Waals surface area (Å²) in [5.74, 6) is 1.32. The zero-order chi connectivity index (χ0) is 15.2. The third-order valence-electron chi connectivity index (χ3n) is 5.01. The van der Waals surface area contributed by atoms with Gasteiger partial charge in [0.1, 0.15) is 5.75 Å². The van der Waals surface area contributed by atoms with Crippen molar-refractivity contribution in [2.24, 2.45) is 11.8 Å². The molecule has 1 saturated heterocycles. The van der Waals surface area contributed by atoms with Crippen LogP contribution in [0.4, 0.5) is 0 Å². The second kappa shape index (κ2) is 5.02. The minimum Gasteiger partial charge on any atom is -0.496 e. The smallest absolute Gasteiger partial charge is 0.253 e. The van der Waals surface area contributed by atoms with Crippen LogP contribution in [-0.2, 0) is 0 Å². The molecule has 1 aromatic carbocycles. The second-order valence-electron chi connectivity index (χ2n) is 6.54. The number of hydrogen-bond acceptors (Lipinski definition) is 3. The average molecular weight is 289 g/mol. The zero-order valence-corrected chi connectivity index (χ0v) is 12.9. The summed E-state index contributed by atoms with van der Waals surface area (Å²) in [5, 5.41) is 10.8. The molecule has 2 fully saturated rings. The average Bonchev–Trinajstić information content (AvgIpc) is 3.26. The summed E-state index contributed by atoms with van der Waals surface area (Å²) in [6.45, 7) is 5.08. The lowest BCUT2D eigenvalue weighted by atomic mass is 9.88. The number of likely N-dealkylation sites (tertiary alicyclic amines) is 1. The number of aliphatic hydroxyl groups is 1. The molecule has 114 valence electrons. The number of β-amino-alcohol motifs (C(OH)–C–C–N with tert-alkyl or cyclic N) is 1. The highest BCUT2D eigenvalue weighted by Gasteiger charge is 2.53. The van der Waals surface area contributed by atoms with E-state index in [0.29, 0.717) is 24.6 Å². The van der Waals surface area contributed by atoms with Gasteiger partial charge in [-0.3, -0.25) is 4.79 Å². The first kappa shape index (κ1) is 14.4. The van der Waals surface area contributed by atoms with Crippen LogP contribution in [0.1, 0.15) is 35.7 Å². The van der Waals surface area contributed by atoms with Gasteiger partial charge in [-0.1, -0.05) is 6.92 Å². The maximum Gasteiger partial charge on any atom is 0.253 e. The molecule has 1 heterocycles. The van der Waals surface area contributed by atoms with E-state index in [-0.39, 0.29) is 11.8 Å². The highest BCUT2D eigenvalue weighted by molar-refractivity contribution is 5.95. The molecule has 0 radical (unpaired) electrons. The van der Waals surface area contributed by atoms with Gasteiger partial charge >= 0.3 is 0 Å². The fraction of sp³-hybridized carbons (Fsp3) is 0.588. The van der Waals surface area contributed by atoms with Gasteiger partial charge < -0.3 is 14.7 Å².